The van der Waals surface area contributed by atoms with Crippen LogP contribution in [0.2, 0.25) is 0 Å². The van der Waals surface area contributed by atoms with Crippen molar-refractivity contribution in [3.8, 4) is 0 Å². The third kappa shape index (κ3) is 1.09. The Labute approximate surface area is 71.8 Å². The van der Waals surface area contributed by atoms with Crippen LogP contribution in [-0.4, -0.2) is 12.5 Å². The molecule has 1 fully saturated rings. The number of benzene rings is 1. The van der Waals surface area contributed by atoms with Gasteiger partial charge in [0.2, 0.25) is 5.91 Å². The van der Waals surface area contributed by atoms with Gasteiger partial charge in [-0.15, -0.1) is 0 Å². The van der Waals surface area contributed by atoms with Gasteiger partial charge in [0.15, 0.2) is 0 Å². The fourth-order valence-electron chi connectivity index (χ4n) is 1.31. The SMILES string of the molecule is Cc1ccc(N2CCC2=O)cc1. The molecule has 12 heavy (non-hydrogen) atoms. The summed E-state index contributed by atoms with van der Waals surface area (Å²) in [6.45, 7) is 2.92. The lowest BCUT2D eigenvalue weighted by molar-refractivity contribution is -0.122. The summed E-state index contributed by atoms with van der Waals surface area (Å²) in [4.78, 5) is 12.8. The van der Waals surface area contributed by atoms with Crippen molar-refractivity contribution in [1.82, 2.24) is 0 Å². The molecule has 0 aliphatic carbocycles. The van der Waals surface area contributed by atoms with Gasteiger partial charge in [-0.05, 0) is 19.1 Å². The topological polar surface area (TPSA) is 20.3 Å². The van der Waals surface area contributed by atoms with Crippen molar-refractivity contribution in [2.75, 3.05) is 11.4 Å². The minimum atomic E-state index is 0.235. The number of β-lactam (4-membered cyclic amide) rings is 1. The van der Waals surface area contributed by atoms with Crippen LogP contribution in [0.5, 0.6) is 0 Å². The molecule has 0 bridgehead atoms. The maximum Gasteiger partial charge on any atom is 0.228 e. The zero-order valence-corrected chi connectivity index (χ0v) is 7.08. The maximum atomic E-state index is 11.0. The molecule has 1 aromatic carbocycles. The third-order valence-corrected chi connectivity index (χ3v) is 2.20. The molecule has 0 radical (unpaired) electrons. The summed E-state index contributed by atoms with van der Waals surface area (Å²) in [6.07, 6.45) is 0.702. The summed E-state index contributed by atoms with van der Waals surface area (Å²) in [7, 11) is 0. The van der Waals surface area contributed by atoms with E-state index in [0.29, 0.717) is 6.42 Å². The van der Waals surface area contributed by atoms with E-state index in [2.05, 4.69) is 0 Å². The molecule has 0 aromatic heterocycles. The second-order valence-corrected chi connectivity index (χ2v) is 3.13. The first kappa shape index (κ1) is 7.35. The quantitative estimate of drug-likeness (QED) is 0.574. The molecule has 0 N–H and O–H groups in total. The van der Waals surface area contributed by atoms with Crippen LogP contribution < -0.4 is 4.90 Å². The first-order chi connectivity index (χ1) is 5.77. The highest BCUT2D eigenvalue weighted by molar-refractivity contribution is 5.99. The van der Waals surface area contributed by atoms with Gasteiger partial charge in [-0.1, -0.05) is 17.7 Å². The maximum absolute atomic E-state index is 11.0. The standard InChI is InChI=1S/C10H11NO/c1-8-2-4-9(5-3-8)11-7-6-10(11)12/h2-5H,6-7H2,1H3. The molecule has 0 saturated carbocycles. The molecule has 1 aliphatic rings. The molecule has 1 saturated heterocycles. The number of anilines is 1. The van der Waals surface area contributed by atoms with Crippen LogP contribution in [0.25, 0.3) is 0 Å². The van der Waals surface area contributed by atoms with Crippen molar-refractivity contribution in [2.24, 2.45) is 0 Å². The monoisotopic (exact) mass is 161 g/mol. The zero-order valence-electron chi connectivity index (χ0n) is 7.08. The van der Waals surface area contributed by atoms with Crippen molar-refractivity contribution in [1.29, 1.82) is 0 Å². The highest BCUT2D eigenvalue weighted by atomic mass is 16.2. The van der Waals surface area contributed by atoms with Gasteiger partial charge >= 0.3 is 0 Å². The second-order valence-electron chi connectivity index (χ2n) is 3.13. The van der Waals surface area contributed by atoms with E-state index in [1.54, 1.807) is 4.90 Å². The number of hydrogen-bond acceptors (Lipinski definition) is 1. The van der Waals surface area contributed by atoms with Crippen molar-refractivity contribution in [3.63, 3.8) is 0 Å². The highest BCUT2D eigenvalue weighted by Gasteiger charge is 2.24. The van der Waals surface area contributed by atoms with Gasteiger partial charge in [-0.3, -0.25) is 4.79 Å². The minimum Gasteiger partial charge on any atom is -0.312 e. The Morgan fingerprint density at radius 2 is 1.92 bits per heavy atom. The molecular weight excluding hydrogens is 150 g/mol. The number of nitrogens with zero attached hydrogens (tertiary/aromatic N) is 1. The Morgan fingerprint density at radius 1 is 1.25 bits per heavy atom. The first-order valence-corrected chi connectivity index (χ1v) is 4.14. The summed E-state index contributed by atoms with van der Waals surface area (Å²) in [5, 5.41) is 0. The Balaban J connectivity index is 2.23. The average Bonchev–Trinajstić information content (AvgIpc) is 2.06. The Bertz CT molecular complexity index is 302. The van der Waals surface area contributed by atoms with Gasteiger partial charge in [0, 0.05) is 18.7 Å². The molecule has 0 atom stereocenters. The number of amides is 1. The number of aryl methyl sites for hydroxylation is 1. The van der Waals surface area contributed by atoms with Gasteiger partial charge in [0.25, 0.3) is 0 Å². The summed E-state index contributed by atoms with van der Waals surface area (Å²) in [5.74, 6) is 0.235. The van der Waals surface area contributed by atoms with E-state index in [4.69, 9.17) is 0 Å². The number of rotatable bonds is 1. The van der Waals surface area contributed by atoms with E-state index in [1.165, 1.54) is 5.56 Å². The fourth-order valence-corrected chi connectivity index (χ4v) is 1.31. The van der Waals surface area contributed by atoms with Gasteiger partial charge in [0.1, 0.15) is 0 Å². The van der Waals surface area contributed by atoms with Crippen molar-refractivity contribution >= 4 is 11.6 Å². The van der Waals surface area contributed by atoms with Crippen LogP contribution in [0.4, 0.5) is 5.69 Å². The van der Waals surface area contributed by atoms with Crippen molar-refractivity contribution in [3.05, 3.63) is 29.8 Å². The third-order valence-electron chi connectivity index (χ3n) is 2.20. The molecule has 2 rings (SSSR count). The number of carbonyl (C=O) groups excluding carboxylic acids is 1. The van der Waals surface area contributed by atoms with E-state index in [1.807, 2.05) is 31.2 Å². The van der Waals surface area contributed by atoms with Gasteiger partial charge in [-0.2, -0.15) is 0 Å². The molecule has 0 spiro atoms. The second kappa shape index (κ2) is 2.63. The van der Waals surface area contributed by atoms with Crippen LogP contribution in [0.1, 0.15) is 12.0 Å². The number of carbonyl (C=O) groups is 1. The lowest BCUT2D eigenvalue weighted by Gasteiger charge is -2.30. The predicted molar refractivity (Wildman–Crippen MR) is 48.1 cm³/mol. The lowest BCUT2D eigenvalue weighted by Crippen LogP contribution is -2.43. The zero-order chi connectivity index (χ0) is 8.55. The molecule has 1 aliphatic heterocycles. The molecule has 2 nitrogen and oxygen atoms in total. The smallest absolute Gasteiger partial charge is 0.228 e. The average molecular weight is 161 g/mol. The van der Waals surface area contributed by atoms with Crippen molar-refractivity contribution in [2.45, 2.75) is 13.3 Å². The molecule has 1 amide bonds. The van der Waals surface area contributed by atoms with E-state index < -0.39 is 0 Å². The van der Waals surface area contributed by atoms with Crippen LogP contribution in [-0.2, 0) is 4.79 Å². The van der Waals surface area contributed by atoms with E-state index in [0.717, 1.165) is 12.2 Å². The molecule has 62 valence electrons. The molecule has 1 aromatic rings. The summed E-state index contributed by atoms with van der Waals surface area (Å²) < 4.78 is 0. The normalized spacial score (nSPS) is 16.1. The molecule has 1 heterocycles. The summed E-state index contributed by atoms with van der Waals surface area (Å²) >= 11 is 0. The van der Waals surface area contributed by atoms with Crippen LogP contribution in [0.15, 0.2) is 24.3 Å². The highest BCUT2D eigenvalue weighted by Crippen LogP contribution is 2.21. The first-order valence-electron chi connectivity index (χ1n) is 4.14. The van der Waals surface area contributed by atoms with Crippen LogP contribution in [0, 0.1) is 6.92 Å². The van der Waals surface area contributed by atoms with E-state index in [-0.39, 0.29) is 5.91 Å². The van der Waals surface area contributed by atoms with Gasteiger partial charge in [-0.25, -0.2) is 0 Å². The Morgan fingerprint density at radius 3 is 2.33 bits per heavy atom. The largest absolute Gasteiger partial charge is 0.312 e. The molecule has 0 unspecified atom stereocenters. The van der Waals surface area contributed by atoms with Crippen LogP contribution in [0.3, 0.4) is 0 Å². The van der Waals surface area contributed by atoms with Gasteiger partial charge in [0.05, 0.1) is 0 Å². The number of hydrogen-bond donors (Lipinski definition) is 0. The van der Waals surface area contributed by atoms with Gasteiger partial charge < -0.3 is 4.90 Å². The van der Waals surface area contributed by atoms with E-state index in [9.17, 15) is 4.79 Å². The van der Waals surface area contributed by atoms with Crippen molar-refractivity contribution < 1.29 is 4.79 Å². The van der Waals surface area contributed by atoms with E-state index >= 15 is 0 Å². The van der Waals surface area contributed by atoms with Crippen LogP contribution >= 0.6 is 0 Å². The fraction of sp³-hybridized carbons (Fsp3) is 0.300. The Kier molecular flexibility index (Phi) is 1.61. The summed E-state index contributed by atoms with van der Waals surface area (Å²) in [6, 6.07) is 8.04. The Hall–Kier alpha value is -1.31. The molecule has 2 heteroatoms. The molecular formula is C10H11NO. The summed E-state index contributed by atoms with van der Waals surface area (Å²) in [5.41, 5.74) is 2.25. The predicted octanol–water partition coefficient (Wildman–Crippen LogP) is 1.73. The minimum absolute atomic E-state index is 0.235. The lowest BCUT2D eigenvalue weighted by atomic mass is 10.1.